The highest BCUT2D eigenvalue weighted by Crippen LogP contribution is 2.30. The van der Waals surface area contributed by atoms with Crippen LogP contribution in [0.4, 0.5) is 0 Å². The fourth-order valence-corrected chi connectivity index (χ4v) is 4.48. The van der Waals surface area contributed by atoms with Crippen molar-refractivity contribution in [3.05, 3.63) is 29.8 Å². The molecule has 0 N–H and O–H groups in total. The van der Waals surface area contributed by atoms with Crippen LogP contribution in [-0.4, -0.2) is 31.0 Å². The summed E-state index contributed by atoms with van der Waals surface area (Å²) in [5.41, 5.74) is 1.34. The Morgan fingerprint density at radius 2 is 1.76 bits per heavy atom. The molecule has 2 fully saturated rings. The fourth-order valence-electron chi connectivity index (χ4n) is 4.48. The van der Waals surface area contributed by atoms with Crippen LogP contribution in [0, 0.1) is 5.92 Å². The van der Waals surface area contributed by atoms with Crippen LogP contribution < -0.4 is 4.74 Å². The summed E-state index contributed by atoms with van der Waals surface area (Å²) in [6.07, 6.45) is 12.2. The third-order valence-electron chi connectivity index (χ3n) is 6.10. The molecule has 0 spiro atoms. The molecule has 0 aromatic heterocycles. The zero-order valence-corrected chi connectivity index (χ0v) is 15.7. The molecule has 1 heterocycles. The molecule has 1 aliphatic heterocycles. The van der Waals surface area contributed by atoms with Crippen molar-refractivity contribution in [2.45, 2.75) is 70.1 Å². The molecule has 1 saturated heterocycles. The number of carbonyl (C=O) groups is 1. The van der Waals surface area contributed by atoms with Gasteiger partial charge in [-0.25, -0.2) is 0 Å². The van der Waals surface area contributed by atoms with Gasteiger partial charge in [0.1, 0.15) is 5.75 Å². The SMILES string of the molecule is COc1ccc(C2CCCCN(C(=O)CCC3CCCCC3)C2)cc1. The smallest absolute Gasteiger partial charge is 0.222 e. The molecule has 138 valence electrons. The van der Waals surface area contributed by atoms with E-state index in [0.29, 0.717) is 11.8 Å². The summed E-state index contributed by atoms with van der Waals surface area (Å²) in [5, 5.41) is 0. The summed E-state index contributed by atoms with van der Waals surface area (Å²) in [7, 11) is 1.70. The Balaban J connectivity index is 1.55. The lowest BCUT2D eigenvalue weighted by atomic mass is 9.86. The molecular weight excluding hydrogens is 310 g/mol. The van der Waals surface area contributed by atoms with Crippen LogP contribution in [0.2, 0.25) is 0 Å². The summed E-state index contributed by atoms with van der Waals surface area (Å²) >= 11 is 0. The molecular formula is C22H33NO2. The van der Waals surface area contributed by atoms with Crippen molar-refractivity contribution in [1.29, 1.82) is 0 Å². The maximum absolute atomic E-state index is 12.8. The maximum Gasteiger partial charge on any atom is 0.222 e. The Hall–Kier alpha value is -1.51. The van der Waals surface area contributed by atoms with Gasteiger partial charge in [0, 0.05) is 25.4 Å². The Labute approximate surface area is 152 Å². The maximum atomic E-state index is 12.8. The first-order chi connectivity index (χ1) is 12.3. The molecule has 1 aliphatic carbocycles. The van der Waals surface area contributed by atoms with E-state index < -0.39 is 0 Å². The predicted molar refractivity (Wildman–Crippen MR) is 102 cm³/mol. The van der Waals surface area contributed by atoms with Crippen molar-refractivity contribution in [2.75, 3.05) is 20.2 Å². The molecule has 0 radical (unpaired) electrons. The monoisotopic (exact) mass is 343 g/mol. The van der Waals surface area contributed by atoms with Gasteiger partial charge in [0.15, 0.2) is 0 Å². The number of hydrogen-bond acceptors (Lipinski definition) is 2. The molecule has 1 unspecified atom stereocenters. The van der Waals surface area contributed by atoms with Crippen molar-refractivity contribution < 1.29 is 9.53 Å². The lowest BCUT2D eigenvalue weighted by molar-refractivity contribution is -0.131. The minimum absolute atomic E-state index is 0.381. The molecule has 25 heavy (non-hydrogen) atoms. The minimum atomic E-state index is 0.381. The Kier molecular flexibility index (Phi) is 6.77. The molecule has 1 aromatic rings. The van der Waals surface area contributed by atoms with E-state index in [9.17, 15) is 4.79 Å². The van der Waals surface area contributed by atoms with E-state index in [0.717, 1.165) is 44.0 Å². The lowest BCUT2D eigenvalue weighted by Gasteiger charge is -2.27. The molecule has 1 saturated carbocycles. The van der Waals surface area contributed by atoms with E-state index in [2.05, 4.69) is 17.0 Å². The molecule has 1 aromatic carbocycles. The normalized spacial score (nSPS) is 22.4. The van der Waals surface area contributed by atoms with E-state index in [-0.39, 0.29) is 0 Å². The van der Waals surface area contributed by atoms with Crippen molar-refractivity contribution in [3.63, 3.8) is 0 Å². The third kappa shape index (κ3) is 5.23. The van der Waals surface area contributed by atoms with Crippen LogP contribution in [0.5, 0.6) is 5.75 Å². The molecule has 3 nitrogen and oxygen atoms in total. The van der Waals surface area contributed by atoms with Crippen molar-refractivity contribution in [2.24, 2.45) is 5.92 Å². The van der Waals surface area contributed by atoms with Crippen LogP contribution in [0.25, 0.3) is 0 Å². The fraction of sp³-hybridized carbons (Fsp3) is 0.682. The molecule has 1 atom stereocenters. The third-order valence-corrected chi connectivity index (χ3v) is 6.10. The Morgan fingerprint density at radius 1 is 1.04 bits per heavy atom. The van der Waals surface area contributed by atoms with E-state index >= 15 is 0 Å². The van der Waals surface area contributed by atoms with Crippen LogP contribution in [0.15, 0.2) is 24.3 Å². The Morgan fingerprint density at radius 3 is 2.48 bits per heavy atom. The van der Waals surface area contributed by atoms with E-state index in [1.807, 2.05) is 12.1 Å². The number of ether oxygens (including phenoxy) is 1. The number of carbonyl (C=O) groups excluding carboxylic acids is 1. The predicted octanol–water partition coefficient (Wildman–Crippen LogP) is 5.15. The van der Waals surface area contributed by atoms with Gasteiger partial charge in [-0.15, -0.1) is 0 Å². The number of amides is 1. The average molecular weight is 344 g/mol. The Bertz CT molecular complexity index is 533. The van der Waals surface area contributed by atoms with Gasteiger partial charge in [0.25, 0.3) is 0 Å². The van der Waals surface area contributed by atoms with E-state index in [1.54, 1.807) is 7.11 Å². The minimum Gasteiger partial charge on any atom is -0.497 e. The number of benzene rings is 1. The topological polar surface area (TPSA) is 29.5 Å². The molecule has 0 bridgehead atoms. The highest BCUT2D eigenvalue weighted by Gasteiger charge is 2.24. The first-order valence-corrected chi connectivity index (χ1v) is 10.2. The van der Waals surface area contributed by atoms with Gasteiger partial charge in [-0.1, -0.05) is 50.7 Å². The second-order valence-corrected chi connectivity index (χ2v) is 7.85. The highest BCUT2D eigenvalue weighted by atomic mass is 16.5. The second kappa shape index (κ2) is 9.26. The van der Waals surface area contributed by atoms with Gasteiger partial charge in [-0.05, 0) is 42.9 Å². The summed E-state index contributed by atoms with van der Waals surface area (Å²) < 4.78 is 5.27. The molecule has 3 rings (SSSR count). The van der Waals surface area contributed by atoms with Crippen LogP contribution in [0.3, 0.4) is 0 Å². The number of methoxy groups -OCH3 is 1. The van der Waals surface area contributed by atoms with E-state index in [1.165, 1.54) is 50.5 Å². The van der Waals surface area contributed by atoms with Gasteiger partial charge in [0.05, 0.1) is 7.11 Å². The van der Waals surface area contributed by atoms with Gasteiger partial charge >= 0.3 is 0 Å². The largest absolute Gasteiger partial charge is 0.497 e. The van der Waals surface area contributed by atoms with Crippen molar-refractivity contribution in [1.82, 2.24) is 4.90 Å². The van der Waals surface area contributed by atoms with Gasteiger partial charge in [-0.2, -0.15) is 0 Å². The zero-order valence-electron chi connectivity index (χ0n) is 15.7. The quantitative estimate of drug-likeness (QED) is 0.740. The highest BCUT2D eigenvalue weighted by molar-refractivity contribution is 5.76. The lowest BCUT2D eigenvalue weighted by Crippen LogP contribution is -2.34. The van der Waals surface area contributed by atoms with Gasteiger partial charge in [0.2, 0.25) is 5.91 Å². The summed E-state index contributed by atoms with van der Waals surface area (Å²) in [4.78, 5) is 14.9. The van der Waals surface area contributed by atoms with Gasteiger partial charge in [-0.3, -0.25) is 4.79 Å². The van der Waals surface area contributed by atoms with Gasteiger partial charge < -0.3 is 9.64 Å². The van der Waals surface area contributed by atoms with Crippen molar-refractivity contribution in [3.8, 4) is 5.75 Å². The molecule has 1 amide bonds. The zero-order chi connectivity index (χ0) is 17.5. The molecule has 3 heteroatoms. The first kappa shape index (κ1) is 18.3. The standard InChI is InChI=1S/C22H33NO2/c1-25-21-13-11-19(12-14-21)20-9-5-6-16-23(17-20)22(24)15-10-18-7-3-2-4-8-18/h11-14,18,20H,2-10,15-17H2,1H3. The van der Waals surface area contributed by atoms with E-state index in [4.69, 9.17) is 4.74 Å². The number of nitrogens with zero attached hydrogens (tertiary/aromatic N) is 1. The van der Waals surface area contributed by atoms with Crippen LogP contribution in [-0.2, 0) is 4.79 Å². The van der Waals surface area contributed by atoms with Crippen LogP contribution in [0.1, 0.15) is 75.7 Å². The molecule has 2 aliphatic rings. The van der Waals surface area contributed by atoms with Crippen molar-refractivity contribution >= 4 is 5.91 Å². The average Bonchev–Trinajstić information content (AvgIpc) is 2.93. The number of rotatable bonds is 5. The number of hydrogen-bond donors (Lipinski definition) is 0. The summed E-state index contributed by atoms with van der Waals surface area (Å²) in [5.74, 6) is 2.54. The summed E-state index contributed by atoms with van der Waals surface area (Å²) in [6.45, 7) is 1.83. The van der Waals surface area contributed by atoms with Crippen LogP contribution >= 0.6 is 0 Å². The first-order valence-electron chi connectivity index (χ1n) is 10.2. The number of likely N-dealkylation sites (tertiary alicyclic amines) is 1. The summed E-state index contributed by atoms with van der Waals surface area (Å²) in [6, 6.07) is 8.41. The second-order valence-electron chi connectivity index (χ2n) is 7.85.